The number of nitrogens with zero attached hydrogens (tertiary/aromatic N) is 2. The lowest BCUT2D eigenvalue weighted by atomic mass is 10.0. The molecule has 160 valence electrons. The quantitative estimate of drug-likeness (QED) is 0.645. The van der Waals surface area contributed by atoms with E-state index >= 15 is 0 Å². The first-order valence-corrected chi connectivity index (χ1v) is 11.7. The van der Waals surface area contributed by atoms with E-state index in [1.54, 1.807) is 35.2 Å². The van der Waals surface area contributed by atoms with Crippen LogP contribution in [0.25, 0.3) is 11.1 Å². The first-order valence-electron chi connectivity index (χ1n) is 10.3. The summed E-state index contributed by atoms with van der Waals surface area (Å²) in [6, 6.07) is 26.3. The van der Waals surface area contributed by atoms with Crippen LogP contribution in [0.5, 0.6) is 0 Å². The van der Waals surface area contributed by atoms with Crippen molar-refractivity contribution in [3.8, 4) is 11.1 Å². The standard InChI is InChI=1S/C24H25N3O3S/c28-24(19-25-23-14-8-7-13-22(23)20-9-3-1-4-10-20)26-15-17-27(18-16-26)31(29,30)21-11-5-2-6-12-21/h1-14,25H,15-19H2. The maximum Gasteiger partial charge on any atom is 0.243 e. The second kappa shape index (κ2) is 9.32. The molecule has 3 aromatic rings. The van der Waals surface area contributed by atoms with Crippen LogP contribution in [0.4, 0.5) is 5.69 Å². The Morgan fingerprint density at radius 2 is 1.35 bits per heavy atom. The van der Waals surface area contributed by atoms with E-state index in [2.05, 4.69) is 5.32 Å². The third kappa shape index (κ3) is 4.78. The van der Waals surface area contributed by atoms with E-state index in [1.807, 2.05) is 54.6 Å². The minimum atomic E-state index is -3.52. The zero-order valence-corrected chi connectivity index (χ0v) is 18.0. The molecule has 1 heterocycles. The minimum absolute atomic E-state index is 0.0420. The number of amides is 1. The Labute approximate surface area is 183 Å². The number of benzene rings is 3. The summed E-state index contributed by atoms with van der Waals surface area (Å²) < 4.78 is 27.0. The molecule has 0 aromatic heterocycles. The number of sulfonamides is 1. The van der Waals surface area contributed by atoms with Crippen LogP contribution in [0, 0.1) is 0 Å². The Morgan fingerprint density at radius 1 is 0.774 bits per heavy atom. The van der Waals surface area contributed by atoms with Gasteiger partial charge in [0, 0.05) is 37.4 Å². The molecule has 1 amide bonds. The number of rotatable bonds is 6. The van der Waals surface area contributed by atoms with Crippen LogP contribution in [0.2, 0.25) is 0 Å². The van der Waals surface area contributed by atoms with Crippen LogP contribution in [0.15, 0.2) is 89.8 Å². The molecule has 4 rings (SSSR count). The molecule has 31 heavy (non-hydrogen) atoms. The lowest BCUT2D eigenvalue weighted by Crippen LogP contribution is -2.51. The van der Waals surface area contributed by atoms with Crippen LogP contribution < -0.4 is 5.32 Å². The lowest BCUT2D eigenvalue weighted by molar-refractivity contribution is -0.130. The Morgan fingerprint density at radius 3 is 2.03 bits per heavy atom. The summed E-state index contributed by atoms with van der Waals surface area (Å²) in [5.41, 5.74) is 3.01. The molecule has 0 aliphatic carbocycles. The lowest BCUT2D eigenvalue weighted by Gasteiger charge is -2.34. The number of piperazine rings is 1. The minimum Gasteiger partial charge on any atom is -0.376 e. The number of carbonyl (C=O) groups is 1. The number of carbonyl (C=O) groups excluding carboxylic acids is 1. The molecule has 0 unspecified atom stereocenters. The van der Waals surface area contributed by atoms with Gasteiger partial charge < -0.3 is 10.2 Å². The molecule has 1 aliphatic rings. The van der Waals surface area contributed by atoms with Crippen LogP contribution in [0.3, 0.4) is 0 Å². The van der Waals surface area contributed by atoms with Gasteiger partial charge in [0.1, 0.15) is 0 Å². The largest absolute Gasteiger partial charge is 0.376 e. The van der Waals surface area contributed by atoms with E-state index < -0.39 is 10.0 Å². The molecule has 1 fully saturated rings. The molecule has 0 bridgehead atoms. The third-order valence-corrected chi connectivity index (χ3v) is 7.33. The molecule has 7 heteroatoms. The highest BCUT2D eigenvalue weighted by atomic mass is 32.2. The highest BCUT2D eigenvalue weighted by Gasteiger charge is 2.29. The first kappa shape index (κ1) is 21.1. The van der Waals surface area contributed by atoms with E-state index in [0.29, 0.717) is 26.2 Å². The number of hydrogen-bond donors (Lipinski definition) is 1. The fraction of sp³-hybridized carbons (Fsp3) is 0.208. The Hall–Kier alpha value is -3.16. The summed E-state index contributed by atoms with van der Waals surface area (Å²) >= 11 is 0. The van der Waals surface area contributed by atoms with Gasteiger partial charge in [-0.1, -0.05) is 66.7 Å². The molecule has 1 aliphatic heterocycles. The van der Waals surface area contributed by atoms with Crippen molar-refractivity contribution in [1.29, 1.82) is 0 Å². The molecular formula is C24H25N3O3S. The van der Waals surface area contributed by atoms with Gasteiger partial charge >= 0.3 is 0 Å². The summed E-state index contributed by atoms with van der Waals surface area (Å²) in [7, 11) is -3.52. The topological polar surface area (TPSA) is 69.7 Å². The number of para-hydroxylation sites is 1. The molecule has 1 N–H and O–H groups in total. The predicted molar refractivity (Wildman–Crippen MR) is 122 cm³/mol. The van der Waals surface area contributed by atoms with E-state index in [4.69, 9.17) is 0 Å². The van der Waals surface area contributed by atoms with Crippen molar-refractivity contribution in [2.75, 3.05) is 38.0 Å². The maximum atomic E-state index is 12.8. The van der Waals surface area contributed by atoms with Crippen LogP contribution in [0.1, 0.15) is 0 Å². The van der Waals surface area contributed by atoms with Gasteiger partial charge in [0.15, 0.2) is 0 Å². The van der Waals surface area contributed by atoms with Crippen molar-refractivity contribution in [3.05, 3.63) is 84.9 Å². The van der Waals surface area contributed by atoms with Gasteiger partial charge in [0.2, 0.25) is 15.9 Å². The average Bonchev–Trinajstić information content (AvgIpc) is 2.84. The molecule has 3 aromatic carbocycles. The first-order chi connectivity index (χ1) is 15.1. The number of hydrogen-bond acceptors (Lipinski definition) is 4. The highest BCUT2D eigenvalue weighted by molar-refractivity contribution is 7.89. The van der Waals surface area contributed by atoms with Crippen LogP contribution in [-0.4, -0.2) is 56.3 Å². The van der Waals surface area contributed by atoms with Crippen molar-refractivity contribution >= 4 is 21.6 Å². The van der Waals surface area contributed by atoms with Gasteiger partial charge in [-0.15, -0.1) is 0 Å². The van der Waals surface area contributed by atoms with Gasteiger partial charge in [0.05, 0.1) is 11.4 Å². The second-order valence-electron chi connectivity index (χ2n) is 7.36. The Kier molecular flexibility index (Phi) is 6.34. The zero-order valence-electron chi connectivity index (χ0n) is 17.1. The summed E-state index contributed by atoms with van der Waals surface area (Å²) in [5, 5.41) is 3.25. The monoisotopic (exact) mass is 435 g/mol. The van der Waals surface area contributed by atoms with Crippen molar-refractivity contribution < 1.29 is 13.2 Å². The fourth-order valence-electron chi connectivity index (χ4n) is 3.71. The molecule has 0 radical (unpaired) electrons. The van der Waals surface area contributed by atoms with Crippen molar-refractivity contribution in [2.24, 2.45) is 0 Å². The second-order valence-corrected chi connectivity index (χ2v) is 9.30. The van der Waals surface area contributed by atoms with Crippen LogP contribution >= 0.6 is 0 Å². The SMILES string of the molecule is O=C(CNc1ccccc1-c1ccccc1)N1CCN(S(=O)(=O)c2ccccc2)CC1. The van der Waals surface area contributed by atoms with Gasteiger partial charge in [-0.3, -0.25) is 4.79 Å². The van der Waals surface area contributed by atoms with Crippen molar-refractivity contribution in [3.63, 3.8) is 0 Å². The van der Waals surface area contributed by atoms with E-state index in [1.165, 1.54) is 4.31 Å². The zero-order chi connectivity index (χ0) is 21.7. The van der Waals surface area contributed by atoms with E-state index in [9.17, 15) is 13.2 Å². The van der Waals surface area contributed by atoms with Crippen LogP contribution in [-0.2, 0) is 14.8 Å². The van der Waals surface area contributed by atoms with Crippen molar-refractivity contribution in [1.82, 2.24) is 9.21 Å². The Balaban J connectivity index is 1.36. The normalized spacial score (nSPS) is 14.9. The maximum absolute atomic E-state index is 12.8. The fourth-order valence-corrected chi connectivity index (χ4v) is 5.15. The Bertz CT molecular complexity index is 1130. The van der Waals surface area contributed by atoms with Gasteiger partial charge in [-0.25, -0.2) is 8.42 Å². The molecular weight excluding hydrogens is 410 g/mol. The van der Waals surface area contributed by atoms with E-state index in [0.717, 1.165) is 16.8 Å². The number of anilines is 1. The van der Waals surface area contributed by atoms with E-state index in [-0.39, 0.29) is 17.3 Å². The predicted octanol–water partition coefficient (Wildman–Crippen LogP) is 3.30. The molecule has 0 spiro atoms. The smallest absolute Gasteiger partial charge is 0.243 e. The molecule has 6 nitrogen and oxygen atoms in total. The summed E-state index contributed by atoms with van der Waals surface area (Å²) in [6.45, 7) is 1.52. The average molecular weight is 436 g/mol. The summed E-state index contributed by atoms with van der Waals surface area (Å²) in [4.78, 5) is 14.7. The molecule has 1 saturated heterocycles. The van der Waals surface area contributed by atoms with Gasteiger partial charge in [-0.05, 0) is 23.8 Å². The van der Waals surface area contributed by atoms with Gasteiger partial charge in [0.25, 0.3) is 0 Å². The highest BCUT2D eigenvalue weighted by Crippen LogP contribution is 2.27. The molecule has 0 atom stereocenters. The van der Waals surface area contributed by atoms with Crippen molar-refractivity contribution in [2.45, 2.75) is 4.90 Å². The van der Waals surface area contributed by atoms with Gasteiger partial charge in [-0.2, -0.15) is 4.31 Å². The molecule has 0 saturated carbocycles. The number of nitrogens with one attached hydrogen (secondary N) is 1. The third-order valence-electron chi connectivity index (χ3n) is 5.41. The summed E-state index contributed by atoms with van der Waals surface area (Å²) in [5.74, 6) is -0.0420. The summed E-state index contributed by atoms with van der Waals surface area (Å²) in [6.07, 6.45) is 0.